The standard InChI is InChI=1S/C37H67N4O14P/c42-31(38-19-21-51-23-25-53-28-33(44)39-20-22-52-24-26-54-29-34(45)40-27-36(48)55-56)18-17-30(37(49)50)41-32(43)15-13-11-9-7-5-3-1-2-4-6-8-10-12-14-16-35(46)47/h30H,1-29,56H2,(H,38,42)(H,39,44)(H,40,45)(H,41,43)(H,46,47)(H,49,50)/t30-/m0/s1. The number of aliphatic carboxylic acids is 2. The fourth-order valence-corrected chi connectivity index (χ4v) is 5.26. The smallest absolute Gasteiger partial charge is 0.327 e. The van der Waals surface area contributed by atoms with E-state index in [1.807, 2.05) is 0 Å². The van der Waals surface area contributed by atoms with Crippen LogP contribution < -0.4 is 21.3 Å². The third kappa shape index (κ3) is 37.5. The van der Waals surface area contributed by atoms with Crippen LogP contribution in [0.2, 0.25) is 0 Å². The van der Waals surface area contributed by atoms with E-state index in [0.29, 0.717) is 6.42 Å². The van der Waals surface area contributed by atoms with Gasteiger partial charge in [-0.05, 0) is 19.3 Å². The van der Waals surface area contributed by atoms with Crippen molar-refractivity contribution in [1.29, 1.82) is 0 Å². The van der Waals surface area contributed by atoms with E-state index in [9.17, 15) is 38.7 Å². The molecule has 0 fully saturated rings. The fourth-order valence-electron chi connectivity index (χ4n) is 5.18. The molecule has 0 rings (SSSR count). The molecule has 2 atom stereocenters. The van der Waals surface area contributed by atoms with Crippen molar-refractivity contribution >= 4 is 51.0 Å². The van der Waals surface area contributed by atoms with Gasteiger partial charge in [-0.3, -0.25) is 24.0 Å². The molecule has 0 aliphatic heterocycles. The number of carbonyl (C=O) groups excluding carboxylic acids is 5. The van der Waals surface area contributed by atoms with Crippen LogP contribution in [-0.2, 0) is 57.0 Å². The Hall–Kier alpha value is -3.44. The lowest BCUT2D eigenvalue weighted by Gasteiger charge is -2.14. The topological polar surface area (TPSA) is 254 Å². The van der Waals surface area contributed by atoms with E-state index in [2.05, 4.69) is 25.8 Å². The summed E-state index contributed by atoms with van der Waals surface area (Å²) in [5.74, 6) is -4.00. The van der Waals surface area contributed by atoms with Gasteiger partial charge in [-0.2, -0.15) is 0 Å². The molecule has 18 nitrogen and oxygen atoms in total. The van der Waals surface area contributed by atoms with Gasteiger partial charge in [-0.1, -0.05) is 77.0 Å². The van der Waals surface area contributed by atoms with E-state index in [-0.39, 0.29) is 116 Å². The van der Waals surface area contributed by atoms with E-state index in [0.717, 1.165) is 38.5 Å². The third-order valence-electron chi connectivity index (χ3n) is 8.25. The molecule has 324 valence electrons. The molecule has 6 N–H and O–H groups in total. The summed E-state index contributed by atoms with van der Waals surface area (Å²) >= 11 is 0. The minimum absolute atomic E-state index is 0.0303. The van der Waals surface area contributed by atoms with Crippen LogP contribution in [0.1, 0.15) is 116 Å². The molecule has 0 saturated heterocycles. The molecule has 56 heavy (non-hydrogen) atoms. The number of carbonyl (C=O) groups is 7. The highest BCUT2D eigenvalue weighted by molar-refractivity contribution is 7.10. The van der Waals surface area contributed by atoms with Gasteiger partial charge in [-0.15, -0.1) is 0 Å². The summed E-state index contributed by atoms with van der Waals surface area (Å²) in [4.78, 5) is 80.7. The summed E-state index contributed by atoms with van der Waals surface area (Å²) in [7, 11) is 1.79. The highest BCUT2D eigenvalue weighted by Crippen LogP contribution is 2.14. The van der Waals surface area contributed by atoms with Gasteiger partial charge in [0, 0.05) is 32.4 Å². The van der Waals surface area contributed by atoms with E-state index in [1.165, 1.54) is 44.9 Å². The Morgan fingerprint density at radius 1 is 0.482 bits per heavy atom. The molecular weight excluding hydrogens is 755 g/mol. The number of nitrogens with one attached hydrogen (secondary N) is 4. The van der Waals surface area contributed by atoms with Crippen LogP contribution in [0.25, 0.3) is 0 Å². The summed E-state index contributed by atoms with van der Waals surface area (Å²) in [6, 6.07) is -1.14. The number of ether oxygens (including phenoxy) is 4. The zero-order chi connectivity index (χ0) is 41.5. The zero-order valence-electron chi connectivity index (χ0n) is 33.0. The quantitative estimate of drug-likeness (QED) is 0.0384. The van der Waals surface area contributed by atoms with Crippen LogP contribution in [-0.4, -0.2) is 130 Å². The van der Waals surface area contributed by atoms with E-state index in [4.69, 9.17) is 24.1 Å². The van der Waals surface area contributed by atoms with Crippen molar-refractivity contribution in [2.45, 2.75) is 122 Å². The molecule has 4 amide bonds. The Morgan fingerprint density at radius 3 is 1.38 bits per heavy atom. The lowest BCUT2D eigenvalue weighted by atomic mass is 10.0. The first kappa shape index (κ1) is 52.6. The SMILES string of the molecule is O=C(O)CCCCCCCCCCCCCCCCC(=O)N[C@@H](CCC(=O)NCCOCCOCC(=O)NCCOCCOCC(=O)NCC(=O)OP)C(=O)O. The average molecular weight is 823 g/mol. The Kier molecular flexibility index (Phi) is 36.1. The van der Waals surface area contributed by atoms with Gasteiger partial charge < -0.3 is 55.0 Å². The summed E-state index contributed by atoms with van der Waals surface area (Å²) in [5.41, 5.74) is 0. The van der Waals surface area contributed by atoms with E-state index >= 15 is 0 Å². The van der Waals surface area contributed by atoms with Crippen LogP contribution in [0.4, 0.5) is 0 Å². The molecule has 0 bridgehead atoms. The monoisotopic (exact) mass is 822 g/mol. The maximum absolute atomic E-state index is 12.3. The Morgan fingerprint density at radius 2 is 0.911 bits per heavy atom. The second kappa shape index (κ2) is 38.4. The molecule has 0 heterocycles. The highest BCUT2D eigenvalue weighted by atomic mass is 31.0. The molecule has 0 spiro atoms. The normalized spacial score (nSPS) is 11.4. The second-order valence-corrected chi connectivity index (χ2v) is 13.4. The average Bonchev–Trinajstić information content (AvgIpc) is 3.16. The Labute approximate surface area is 333 Å². The van der Waals surface area contributed by atoms with Crippen molar-refractivity contribution in [3.8, 4) is 0 Å². The zero-order valence-corrected chi connectivity index (χ0v) is 34.1. The number of rotatable bonds is 40. The molecular formula is C37H67N4O14P. The molecule has 0 aromatic carbocycles. The van der Waals surface area contributed by atoms with Gasteiger partial charge in [0.1, 0.15) is 25.8 Å². The van der Waals surface area contributed by atoms with Gasteiger partial charge in [0.05, 0.1) is 49.1 Å². The third-order valence-corrected chi connectivity index (χ3v) is 8.51. The van der Waals surface area contributed by atoms with Crippen LogP contribution in [0, 0.1) is 0 Å². The number of hydrogen-bond donors (Lipinski definition) is 6. The molecule has 1 unspecified atom stereocenters. The van der Waals surface area contributed by atoms with Crippen molar-refractivity contribution in [3.05, 3.63) is 0 Å². The van der Waals surface area contributed by atoms with Crippen molar-refractivity contribution in [2.75, 3.05) is 72.5 Å². The number of unbranched alkanes of at least 4 members (excludes halogenated alkanes) is 13. The predicted octanol–water partition coefficient (Wildman–Crippen LogP) is 2.41. The summed E-state index contributed by atoms with van der Waals surface area (Å²) in [6.45, 7) is 0.933. The molecule has 0 aromatic heterocycles. The minimum Gasteiger partial charge on any atom is -0.481 e. The first-order valence-electron chi connectivity index (χ1n) is 19.8. The van der Waals surface area contributed by atoms with Gasteiger partial charge in [0.2, 0.25) is 23.6 Å². The second-order valence-electron chi connectivity index (χ2n) is 13.1. The maximum Gasteiger partial charge on any atom is 0.327 e. The number of amides is 4. The van der Waals surface area contributed by atoms with Crippen molar-refractivity contribution in [2.24, 2.45) is 0 Å². The number of hydrogen-bond acceptors (Lipinski definition) is 12. The predicted molar refractivity (Wildman–Crippen MR) is 208 cm³/mol. The van der Waals surface area contributed by atoms with Gasteiger partial charge in [0.25, 0.3) is 0 Å². The minimum atomic E-state index is -1.19. The van der Waals surface area contributed by atoms with Crippen LogP contribution in [0.15, 0.2) is 0 Å². The Bertz CT molecular complexity index is 1100. The summed E-state index contributed by atoms with van der Waals surface area (Å²) in [5, 5.41) is 28.2. The largest absolute Gasteiger partial charge is 0.481 e. The van der Waals surface area contributed by atoms with E-state index < -0.39 is 29.9 Å². The van der Waals surface area contributed by atoms with Gasteiger partial charge in [-0.25, -0.2) is 9.59 Å². The van der Waals surface area contributed by atoms with Crippen LogP contribution in [0.5, 0.6) is 0 Å². The molecule has 0 saturated carbocycles. The van der Waals surface area contributed by atoms with Crippen LogP contribution >= 0.6 is 9.47 Å². The fraction of sp³-hybridized carbons (Fsp3) is 0.811. The number of carboxylic acids is 2. The molecule has 0 aliphatic rings. The van der Waals surface area contributed by atoms with Crippen molar-refractivity contribution in [3.63, 3.8) is 0 Å². The van der Waals surface area contributed by atoms with E-state index in [1.54, 1.807) is 9.47 Å². The first-order chi connectivity index (χ1) is 27.0. The summed E-state index contributed by atoms with van der Waals surface area (Å²) < 4.78 is 25.3. The van der Waals surface area contributed by atoms with Gasteiger partial charge in [0.15, 0.2) is 0 Å². The summed E-state index contributed by atoms with van der Waals surface area (Å²) in [6.07, 6.45) is 15.4. The maximum atomic E-state index is 12.3. The van der Waals surface area contributed by atoms with Gasteiger partial charge >= 0.3 is 17.9 Å². The molecule has 19 heteroatoms. The molecule has 0 aliphatic carbocycles. The lowest BCUT2D eigenvalue weighted by molar-refractivity contribution is -0.142. The molecule has 0 radical (unpaired) electrons. The number of carboxylic acid groups (broad SMARTS) is 2. The molecule has 0 aromatic rings. The first-order valence-corrected chi connectivity index (χ1v) is 20.3. The van der Waals surface area contributed by atoms with Crippen molar-refractivity contribution in [1.82, 2.24) is 21.3 Å². The Balaban J connectivity index is 3.66. The lowest BCUT2D eigenvalue weighted by Crippen LogP contribution is -2.41. The highest BCUT2D eigenvalue weighted by Gasteiger charge is 2.20. The van der Waals surface area contributed by atoms with Crippen molar-refractivity contribution < 1.29 is 67.2 Å². The van der Waals surface area contributed by atoms with Crippen LogP contribution in [0.3, 0.4) is 0 Å².